The lowest BCUT2D eigenvalue weighted by molar-refractivity contribution is -0.120. The Morgan fingerprint density at radius 2 is 2.10 bits per heavy atom. The number of carbonyl (C=O) groups excluding carboxylic acids is 1. The third kappa shape index (κ3) is 4.29. The summed E-state index contributed by atoms with van der Waals surface area (Å²) < 4.78 is 0. The molecule has 1 amide bonds. The first-order chi connectivity index (χ1) is 10.1. The summed E-state index contributed by atoms with van der Waals surface area (Å²) in [5.74, 6) is -1.12. The van der Waals surface area contributed by atoms with Gasteiger partial charge in [-0.05, 0) is 38.1 Å². The average Bonchev–Trinajstić information content (AvgIpc) is 2.47. The zero-order valence-corrected chi connectivity index (χ0v) is 12.3. The number of carboxylic acid groups (broad SMARTS) is 1. The van der Waals surface area contributed by atoms with Crippen molar-refractivity contribution in [2.75, 3.05) is 20.1 Å². The van der Waals surface area contributed by atoms with Crippen molar-refractivity contribution in [3.05, 3.63) is 35.4 Å². The van der Waals surface area contributed by atoms with Crippen LogP contribution in [0.25, 0.3) is 0 Å². The second-order valence-electron chi connectivity index (χ2n) is 5.57. The molecule has 1 aliphatic heterocycles. The smallest absolute Gasteiger partial charge is 0.335 e. The van der Waals surface area contributed by atoms with Crippen LogP contribution in [-0.4, -0.2) is 48.1 Å². The predicted octanol–water partition coefficient (Wildman–Crippen LogP) is 1.53. The van der Waals surface area contributed by atoms with Gasteiger partial charge in [-0.1, -0.05) is 24.6 Å². The van der Waals surface area contributed by atoms with Crippen LogP contribution < -0.4 is 5.32 Å². The number of rotatable bonds is 5. The number of likely N-dealkylation sites (tertiary alicyclic amines) is 1. The molecule has 1 aromatic carbocycles. The van der Waals surface area contributed by atoms with Gasteiger partial charge >= 0.3 is 5.97 Å². The minimum atomic E-state index is -0.995. The van der Waals surface area contributed by atoms with Gasteiger partial charge in [0, 0.05) is 12.6 Å². The van der Waals surface area contributed by atoms with Gasteiger partial charge in [-0.3, -0.25) is 4.79 Å². The number of nitrogens with one attached hydrogen (secondary N) is 1. The maximum atomic E-state index is 12.0. The quantitative estimate of drug-likeness (QED) is 0.863. The van der Waals surface area contributed by atoms with E-state index in [2.05, 4.69) is 17.3 Å². The molecule has 1 aliphatic rings. The van der Waals surface area contributed by atoms with Gasteiger partial charge in [0.05, 0.1) is 12.0 Å². The van der Waals surface area contributed by atoms with Crippen LogP contribution in [0.4, 0.5) is 0 Å². The number of benzene rings is 1. The fourth-order valence-corrected chi connectivity index (χ4v) is 2.75. The lowest BCUT2D eigenvalue weighted by Crippen LogP contribution is -2.44. The molecule has 0 aliphatic carbocycles. The van der Waals surface area contributed by atoms with Crippen LogP contribution >= 0.6 is 0 Å². The van der Waals surface area contributed by atoms with Crippen LogP contribution in [0.5, 0.6) is 0 Å². The van der Waals surface area contributed by atoms with Crippen molar-refractivity contribution in [1.82, 2.24) is 10.2 Å². The van der Waals surface area contributed by atoms with E-state index in [1.54, 1.807) is 18.2 Å². The van der Waals surface area contributed by atoms with E-state index in [0.717, 1.165) is 13.0 Å². The summed E-state index contributed by atoms with van der Waals surface area (Å²) in [6.45, 7) is 1.70. The van der Waals surface area contributed by atoms with E-state index >= 15 is 0 Å². The third-order valence-corrected chi connectivity index (χ3v) is 4.06. The molecule has 0 bridgehead atoms. The SMILES string of the molecule is CN1CCCCC1CNC(=O)Cc1ccccc1C(=O)O. The molecule has 1 saturated heterocycles. The highest BCUT2D eigenvalue weighted by molar-refractivity contribution is 5.91. The Morgan fingerprint density at radius 3 is 2.81 bits per heavy atom. The van der Waals surface area contributed by atoms with Crippen molar-refractivity contribution in [3.63, 3.8) is 0 Å². The third-order valence-electron chi connectivity index (χ3n) is 4.06. The van der Waals surface area contributed by atoms with E-state index in [1.165, 1.54) is 18.9 Å². The average molecular weight is 290 g/mol. The number of aromatic carboxylic acids is 1. The number of carboxylic acids is 1. The Bertz CT molecular complexity index is 516. The van der Waals surface area contributed by atoms with Crippen molar-refractivity contribution < 1.29 is 14.7 Å². The number of likely N-dealkylation sites (N-methyl/N-ethyl adjacent to an activating group) is 1. The zero-order chi connectivity index (χ0) is 15.2. The Hall–Kier alpha value is -1.88. The zero-order valence-electron chi connectivity index (χ0n) is 12.3. The summed E-state index contributed by atoms with van der Waals surface area (Å²) in [7, 11) is 2.08. The second kappa shape index (κ2) is 7.22. The van der Waals surface area contributed by atoms with Crippen LogP contribution in [0.3, 0.4) is 0 Å². The molecule has 114 valence electrons. The molecular formula is C16H22N2O3. The summed E-state index contributed by atoms with van der Waals surface area (Å²) in [5, 5.41) is 12.0. The van der Waals surface area contributed by atoms with Gasteiger partial charge in [0.1, 0.15) is 0 Å². The van der Waals surface area contributed by atoms with Crippen molar-refractivity contribution in [2.24, 2.45) is 0 Å². The van der Waals surface area contributed by atoms with E-state index < -0.39 is 5.97 Å². The monoisotopic (exact) mass is 290 g/mol. The van der Waals surface area contributed by atoms with Crippen molar-refractivity contribution in [2.45, 2.75) is 31.7 Å². The molecule has 1 fully saturated rings. The first kappa shape index (κ1) is 15.5. The summed E-state index contributed by atoms with van der Waals surface area (Å²) in [6, 6.07) is 7.03. The standard InChI is InChI=1S/C16H22N2O3/c1-18-9-5-4-7-13(18)11-17-15(19)10-12-6-2-3-8-14(12)16(20)21/h2-3,6,8,13H,4-5,7,9-11H2,1H3,(H,17,19)(H,20,21). The highest BCUT2D eigenvalue weighted by Gasteiger charge is 2.19. The molecule has 5 nitrogen and oxygen atoms in total. The van der Waals surface area contributed by atoms with Gasteiger partial charge in [-0.2, -0.15) is 0 Å². The highest BCUT2D eigenvalue weighted by Crippen LogP contribution is 2.14. The highest BCUT2D eigenvalue weighted by atomic mass is 16.4. The van der Waals surface area contributed by atoms with E-state index in [-0.39, 0.29) is 17.9 Å². The number of amides is 1. The summed E-state index contributed by atoms with van der Waals surface area (Å²) in [6.07, 6.45) is 3.63. The van der Waals surface area contributed by atoms with Gasteiger partial charge in [-0.25, -0.2) is 4.79 Å². The first-order valence-electron chi connectivity index (χ1n) is 7.36. The number of hydrogen-bond donors (Lipinski definition) is 2. The van der Waals surface area contributed by atoms with Crippen LogP contribution in [0, 0.1) is 0 Å². The minimum Gasteiger partial charge on any atom is -0.478 e. The van der Waals surface area contributed by atoms with Gasteiger partial charge in [0.25, 0.3) is 0 Å². The number of nitrogens with zero attached hydrogens (tertiary/aromatic N) is 1. The Morgan fingerprint density at radius 1 is 1.33 bits per heavy atom. The van der Waals surface area contributed by atoms with E-state index in [9.17, 15) is 9.59 Å². The van der Waals surface area contributed by atoms with Gasteiger partial charge in [0.2, 0.25) is 5.91 Å². The van der Waals surface area contributed by atoms with Gasteiger partial charge in [-0.15, -0.1) is 0 Å². The summed E-state index contributed by atoms with van der Waals surface area (Å²) >= 11 is 0. The van der Waals surface area contributed by atoms with Crippen molar-refractivity contribution in [1.29, 1.82) is 0 Å². The number of piperidine rings is 1. The largest absolute Gasteiger partial charge is 0.478 e. The molecule has 5 heteroatoms. The summed E-state index contributed by atoms with van der Waals surface area (Å²) in [4.78, 5) is 25.4. The van der Waals surface area contributed by atoms with E-state index in [1.807, 2.05) is 0 Å². The number of carbonyl (C=O) groups is 2. The normalized spacial score (nSPS) is 19.2. The molecule has 1 heterocycles. The molecule has 0 radical (unpaired) electrons. The molecule has 1 unspecified atom stereocenters. The Balaban J connectivity index is 1.89. The van der Waals surface area contributed by atoms with Crippen LogP contribution in [0.2, 0.25) is 0 Å². The molecule has 1 atom stereocenters. The molecule has 2 N–H and O–H groups in total. The number of hydrogen-bond acceptors (Lipinski definition) is 3. The van der Waals surface area contributed by atoms with Crippen molar-refractivity contribution >= 4 is 11.9 Å². The van der Waals surface area contributed by atoms with Crippen LogP contribution in [0.15, 0.2) is 24.3 Å². The van der Waals surface area contributed by atoms with Gasteiger partial charge in [0.15, 0.2) is 0 Å². The molecule has 2 rings (SSSR count). The summed E-state index contributed by atoms with van der Waals surface area (Å²) in [5.41, 5.74) is 0.752. The molecule has 0 saturated carbocycles. The lowest BCUT2D eigenvalue weighted by Gasteiger charge is -2.32. The maximum Gasteiger partial charge on any atom is 0.335 e. The fraction of sp³-hybridized carbons (Fsp3) is 0.500. The molecule has 21 heavy (non-hydrogen) atoms. The second-order valence-corrected chi connectivity index (χ2v) is 5.57. The molecule has 0 spiro atoms. The predicted molar refractivity (Wildman–Crippen MR) is 80.4 cm³/mol. The Kier molecular flexibility index (Phi) is 5.33. The molecule has 1 aromatic rings. The van der Waals surface area contributed by atoms with Gasteiger partial charge < -0.3 is 15.3 Å². The minimum absolute atomic E-state index is 0.110. The molecule has 0 aromatic heterocycles. The van der Waals surface area contributed by atoms with Crippen LogP contribution in [-0.2, 0) is 11.2 Å². The first-order valence-corrected chi connectivity index (χ1v) is 7.36. The lowest BCUT2D eigenvalue weighted by atomic mass is 10.0. The molecular weight excluding hydrogens is 268 g/mol. The Labute approximate surface area is 125 Å². The van der Waals surface area contributed by atoms with Crippen molar-refractivity contribution in [3.8, 4) is 0 Å². The van der Waals surface area contributed by atoms with E-state index in [4.69, 9.17) is 5.11 Å². The topological polar surface area (TPSA) is 69.6 Å². The van der Waals surface area contributed by atoms with Crippen LogP contribution in [0.1, 0.15) is 35.2 Å². The fourth-order valence-electron chi connectivity index (χ4n) is 2.75. The van der Waals surface area contributed by atoms with E-state index in [0.29, 0.717) is 18.2 Å². The maximum absolute atomic E-state index is 12.0.